The molecule has 2 N–H and O–H groups in total. The van der Waals surface area contributed by atoms with Gasteiger partial charge >= 0.3 is 0 Å². The molecule has 0 aliphatic rings. The molecule has 2 rings (SSSR count). The third-order valence-corrected chi connectivity index (χ3v) is 3.19. The van der Waals surface area contributed by atoms with Gasteiger partial charge in [-0.15, -0.1) is 0 Å². The van der Waals surface area contributed by atoms with Crippen LogP contribution in [0.25, 0.3) is 0 Å². The van der Waals surface area contributed by atoms with Crippen molar-refractivity contribution >= 4 is 11.6 Å². The summed E-state index contributed by atoms with van der Waals surface area (Å²) < 4.78 is 1.80. The van der Waals surface area contributed by atoms with Gasteiger partial charge in [-0.2, -0.15) is 5.10 Å². The van der Waals surface area contributed by atoms with Crippen molar-refractivity contribution in [2.24, 2.45) is 7.05 Å². The SMILES string of the molecule is CCCNc1ncnc(NCc2ccn(C)n2)c1CCC. The summed E-state index contributed by atoms with van der Waals surface area (Å²) in [5, 5.41) is 11.1. The molecule has 2 aromatic heterocycles. The van der Waals surface area contributed by atoms with Gasteiger partial charge in [0.25, 0.3) is 0 Å². The molecule has 2 heterocycles. The van der Waals surface area contributed by atoms with Gasteiger partial charge in [0.15, 0.2) is 0 Å². The van der Waals surface area contributed by atoms with Crippen molar-refractivity contribution in [3.05, 3.63) is 29.8 Å². The minimum absolute atomic E-state index is 0.668. The van der Waals surface area contributed by atoms with Gasteiger partial charge in [-0.05, 0) is 18.9 Å². The van der Waals surface area contributed by atoms with Gasteiger partial charge in [-0.1, -0.05) is 20.3 Å². The van der Waals surface area contributed by atoms with Crippen LogP contribution < -0.4 is 10.6 Å². The Kier molecular flexibility index (Phi) is 5.54. The summed E-state index contributed by atoms with van der Waals surface area (Å²) >= 11 is 0. The van der Waals surface area contributed by atoms with Crippen LogP contribution in [-0.2, 0) is 20.0 Å². The minimum Gasteiger partial charge on any atom is -0.370 e. The van der Waals surface area contributed by atoms with E-state index in [0.29, 0.717) is 6.54 Å². The number of hydrogen-bond acceptors (Lipinski definition) is 5. The summed E-state index contributed by atoms with van der Waals surface area (Å²) in [5.41, 5.74) is 2.16. The molecule has 0 atom stereocenters. The second-order valence-electron chi connectivity index (χ2n) is 5.06. The molecule has 0 saturated carbocycles. The zero-order valence-corrected chi connectivity index (χ0v) is 13.1. The van der Waals surface area contributed by atoms with Crippen LogP contribution in [0.5, 0.6) is 0 Å². The molecule has 0 fully saturated rings. The first-order chi connectivity index (χ1) is 10.2. The molecule has 0 amide bonds. The largest absolute Gasteiger partial charge is 0.370 e. The number of rotatable bonds is 8. The quantitative estimate of drug-likeness (QED) is 0.781. The molecule has 0 spiro atoms. The van der Waals surface area contributed by atoms with Crippen LogP contribution in [-0.4, -0.2) is 26.3 Å². The lowest BCUT2D eigenvalue weighted by molar-refractivity contribution is 0.746. The highest BCUT2D eigenvalue weighted by atomic mass is 15.3. The number of nitrogens with zero attached hydrogens (tertiary/aromatic N) is 4. The fourth-order valence-electron chi connectivity index (χ4n) is 2.18. The van der Waals surface area contributed by atoms with Gasteiger partial charge in [-0.25, -0.2) is 9.97 Å². The van der Waals surface area contributed by atoms with Crippen molar-refractivity contribution in [1.82, 2.24) is 19.7 Å². The van der Waals surface area contributed by atoms with Crippen molar-refractivity contribution in [3.63, 3.8) is 0 Å². The maximum absolute atomic E-state index is 4.39. The smallest absolute Gasteiger partial charge is 0.135 e. The van der Waals surface area contributed by atoms with Gasteiger partial charge in [-0.3, -0.25) is 4.68 Å². The summed E-state index contributed by atoms with van der Waals surface area (Å²) in [7, 11) is 1.92. The topological polar surface area (TPSA) is 67.7 Å². The maximum atomic E-state index is 4.39. The molecule has 21 heavy (non-hydrogen) atoms. The maximum Gasteiger partial charge on any atom is 0.135 e. The highest BCUT2D eigenvalue weighted by molar-refractivity contribution is 5.57. The zero-order valence-electron chi connectivity index (χ0n) is 13.1. The molecule has 0 saturated heterocycles. The molecular formula is C15H24N6. The Morgan fingerprint density at radius 3 is 2.48 bits per heavy atom. The highest BCUT2D eigenvalue weighted by Crippen LogP contribution is 2.22. The monoisotopic (exact) mass is 288 g/mol. The average molecular weight is 288 g/mol. The summed E-state index contributed by atoms with van der Waals surface area (Å²) in [6.07, 6.45) is 6.65. The van der Waals surface area contributed by atoms with Crippen LogP contribution >= 0.6 is 0 Å². The lowest BCUT2D eigenvalue weighted by atomic mass is 10.1. The van der Waals surface area contributed by atoms with E-state index in [0.717, 1.165) is 48.7 Å². The molecule has 6 heteroatoms. The number of aryl methyl sites for hydroxylation is 1. The van der Waals surface area contributed by atoms with Crippen molar-refractivity contribution in [2.45, 2.75) is 39.7 Å². The van der Waals surface area contributed by atoms with Gasteiger partial charge in [0.2, 0.25) is 0 Å². The second kappa shape index (κ2) is 7.61. The Hall–Kier alpha value is -2.11. The number of anilines is 2. The predicted molar refractivity (Wildman–Crippen MR) is 85.3 cm³/mol. The normalized spacial score (nSPS) is 10.6. The molecular weight excluding hydrogens is 264 g/mol. The van der Waals surface area contributed by atoms with E-state index in [1.54, 1.807) is 11.0 Å². The average Bonchev–Trinajstić information content (AvgIpc) is 2.90. The molecule has 0 aliphatic carbocycles. The zero-order chi connectivity index (χ0) is 15.1. The van der Waals surface area contributed by atoms with Crippen LogP contribution in [0.15, 0.2) is 18.6 Å². The van der Waals surface area contributed by atoms with Crippen molar-refractivity contribution < 1.29 is 0 Å². The van der Waals surface area contributed by atoms with Gasteiger partial charge < -0.3 is 10.6 Å². The van der Waals surface area contributed by atoms with E-state index in [4.69, 9.17) is 0 Å². The fourth-order valence-corrected chi connectivity index (χ4v) is 2.18. The lowest BCUT2D eigenvalue weighted by Crippen LogP contribution is -2.11. The van der Waals surface area contributed by atoms with Crippen LogP contribution in [0.4, 0.5) is 11.6 Å². The van der Waals surface area contributed by atoms with Crippen LogP contribution in [0.3, 0.4) is 0 Å². The molecule has 0 radical (unpaired) electrons. The highest BCUT2D eigenvalue weighted by Gasteiger charge is 2.10. The Labute approximate surface area is 126 Å². The van der Waals surface area contributed by atoms with Crippen molar-refractivity contribution in [2.75, 3.05) is 17.2 Å². The summed E-state index contributed by atoms with van der Waals surface area (Å²) in [4.78, 5) is 8.76. The van der Waals surface area contributed by atoms with Crippen LogP contribution in [0.1, 0.15) is 37.9 Å². The first-order valence-electron chi connectivity index (χ1n) is 7.54. The van der Waals surface area contributed by atoms with Gasteiger partial charge in [0, 0.05) is 25.4 Å². The molecule has 0 bridgehead atoms. The summed E-state index contributed by atoms with van der Waals surface area (Å²) in [5.74, 6) is 1.84. The van der Waals surface area contributed by atoms with Gasteiger partial charge in [0.1, 0.15) is 18.0 Å². The van der Waals surface area contributed by atoms with Crippen molar-refractivity contribution in [3.8, 4) is 0 Å². The summed E-state index contributed by atoms with van der Waals surface area (Å²) in [6, 6.07) is 2.00. The molecule has 0 aromatic carbocycles. The van der Waals surface area contributed by atoms with E-state index < -0.39 is 0 Å². The Balaban J connectivity index is 2.12. The minimum atomic E-state index is 0.668. The van der Waals surface area contributed by atoms with E-state index in [-0.39, 0.29) is 0 Å². The Morgan fingerprint density at radius 2 is 1.86 bits per heavy atom. The third kappa shape index (κ3) is 4.18. The molecule has 0 aliphatic heterocycles. The van der Waals surface area contributed by atoms with E-state index in [1.165, 1.54) is 0 Å². The molecule has 0 unspecified atom stereocenters. The van der Waals surface area contributed by atoms with E-state index >= 15 is 0 Å². The predicted octanol–water partition coefficient (Wildman–Crippen LogP) is 2.60. The van der Waals surface area contributed by atoms with Gasteiger partial charge in [0.05, 0.1) is 12.2 Å². The van der Waals surface area contributed by atoms with E-state index in [9.17, 15) is 0 Å². The standard InChI is InChI=1S/C15H24N6/c1-4-6-13-14(16-8-5-2)18-11-19-15(13)17-10-12-7-9-21(3)20-12/h7,9,11H,4-6,8,10H2,1-3H3,(H2,16,17,18,19). The Morgan fingerprint density at radius 1 is 1.10 bits per heavy atom. The molecule has 6 nitrogen and oxygen atoms in total. The van der Waals surface area contributed by atoms with E-state index in [2.05, 4.69) is 39.5 Å². The summed E-state index contributed by atoms with van der Waals surface area (Å²) in [6.45, 7) is 5.91. The van der Waals surface area contributed by atoms with Crippen molar-refractivity contribution in [1.29, 1.82) is 0 Å². The first kappa shape index (κ1) is 15.3. The number of nitrogens with one attached hydrogen (secondary N) is 2. The molecule has 2 aromatic rings. The first-order valence-corrected chi connectivity index (χ1v) is 7.54. The lowest BCUT2D eigenvalue weighted by Gasteiger charge is -2.14. The third-order valence-electron chi connectivity index (χ3n) is 3.19. The second-order valence-corrected chi connectivity index (χ2v) is 5.06. The fraction of sp³-hybridized carbons (Fsp3) is 0.533. The van der Waals surface area contributed by atoms with Crippen LogP contribution in [0, 0.1) is 0 Å². The van der Waals surface area contributed by atoms with E-state index in [1.807, 2.05) is 19.3 Å². The number of aromatic nitrogens is 4. The number of hydrogen-bond donors (Lipinski definition) is 2. The van der Waals surface area contributed by atoms with Crippen LogP contribution in [0.2, 0.25) is 0 Å². The molecule has 114 valence electrons. The Bertz CT molecular complexity index is 563.